The Morgan fingerprint density at radius 1 is 0.872 bits per heavy atom. The number of benzene rings is 1. The van der Waals surface area contributed by atoms with E-state index in [0.29, 0.717) is 0 Å². The van der Waals surface area contributed by atoms with Crippen molar-refractivity contribution in [1.82, 2.24) is 14.9 Å². The van der Waals surface area contributed by atoms with E-state index < -0.39 is 0 Å². The summed E-state index contributed by atoms with van der Waals surface area (Å²) < 4.78 is 2.30. The Hall–Kier alpha value is -3.05. The summed E-state index contributed by atoms with van der Waals surface area (Å²) in [5.41, 5.74) is 13.1. The predicted molar refractivity (Wildman–Crippen MR) is 153 cm³/mol. The number of hydrogen-bond donors (Lipinski definition) is 0. The molecule has 6 heteroatoms. The van der Waals surface area contributed by atoms with Crippen molar-refractivity contribution in [1.29, 1.82) is 0 Å². The van der Waals surface area contributed by atoms with Gasteiger partial charge in [-0.05, 0) is 92.1 Å². The molecule has 6 rings (SSSR count). The van der Waals surface area contributed by atoms with Crippen LogP contribution in [0.5, 0.6) is 0 Å². The number of aromatic nitrogens is 3. The van der Waals surface area contributed by atoms with Crippen molar-refractivity contribution < 1.29 is 17.0 Å². The first kappa shape index (κ1) is 27.5. The van der Waals surface area contributed by atoms with Gasteiger partial charge < -0.3 is 12.4 Å². The molecule has 4 aromatic rings. The average molecular weight is 558 g/mol. The van der Waals surface area contributed by atoms with Gasteiger partial charge in [-0.25, -0.2) is 4.57 Å². The van der Waals surface area contributed by atoms with Crippen LogP contribution in [0.15, 0.2) is 79.0 Å². The predicted octanol–water partition coefficient (Wildman–Crippen LogP) is 3.28. The number of nitrogens with zero attached hydrogens (tertiary/aromatic N) is 4. The maximum Gasteiger partial charge on any atom is 0.175 e. The maximum atomic E-state index is 6.40. The van der Waals surface area contributed by atoms with Gasteiger partial charge in [0.05, 0.1) is 5.69 Å². The monoisotopic (exact) mass is 556 g/mol. The Morgan fingerprint density at radius 3 is 2.49 bits per heavy atom. The second-order valence-corrected chi connectivity index (χ2v) is 11.3. The number of pyridine rings is 3. The van der Waals surface area contributed by atoms with E-state index in [0.717, 1.165) is 56.9 Å². The van der Waals surface area contributed by atoms with Gasteiger partial charge in [-0.3, -0.25) is 14.9 Å². The summed E-state index contributed by atoms with van der Waals surface area (Å²) in [6, 6.07) is 15.2. The smallest absolute Gasteiger partial charge is 0.175 e. The van der Waals surface area contributed by atoms with Gasteiger partial charge in [-0.1, -0.05) is 29.3 Å². The van der Waals surface area contributed by atoms with Crippen LogP contribution in [0.1, 0.15) is 57.5 Å². The first-order valence-corrected chi connectivity index (χ1v) is 14.0. The zero-order valence-corrected chi connectivity index (χ0v) is 24.1. The summed E-state index contributed by atoms with van der Waals surface area (Å²) in [7, 11) is 0. The van der Waals surface area contributed by atoms with E-state index in [1.165, 1.54) is 55.8 Å². The highest BCUT2D eigenvalue weighted by Gasteiger charge is 2.25. The lowest BCUT2D eigenvalue weighted by molar-refractivity contribution is -0.689. The lowest BCUT2D eigenvalue weighted by Crippen LogP contribution is -3.00. The Bertz CT molecular complexity index is 1520. The Labute approximate surface area is 242 Å². The van der Waals surface area contributed by atoms with Gasteiger partial charge in [-0.2, -0.15) is 0 Å². The largest absolute Gasteiger partial charge is 1.00 e. The minimum absolute atomic E-state index is 0. The van der Waals surface area contributed by atoms with Crippen molar-refractivity contribution in [3.05, 3.63) is 129 Å². The fourth-order valence-corrected chi connectivity index (χ4v) is 6.29. The van der Waals surface area contributed by atoms with Crippen LogP contribution >= 0.6 is 11.6 Å². The molecule has 200 valence electrons. The summed E-state index contributed by atoms with van der Waals surface area (Å²) >= 11 is 6.40. The van der Waals surface area contributed by atoms with E-state index in [4.69, 9.17) is 16.6 Å². The van der Waals surface area contributed by atoms with Crippen molar-refractivity contribution >= 4 is 17.2 Å². The summed E-state index contributed by atoms with van der Waals surface area (Å²) in [4.78, 5) is 11.9. The molecule has 4 heterocycles. The highest BCUT2D eigenvalue weighted by atomic mass is 35.5. The van der Waals surface area contributed by atoms with Crippen LogP contribution < -0.4 is 17.0 Å². The third-order valence-electron chi connectivity index (χ3n) is 7.76. The first-order chi connectivity index (χ1) is 18.5. The Kier molecular flexibility index (Phi) is 8.46. The molecule has 39 heavy (non-hydrogen) atoms. The lowest BCUT2D eigenvalue weighted by atomic mass is 9.88. The quantitative estimate of drug-likeness (QED) is 0.362. The summed E-state index contributed by atoms with van der Waals surface area (Å²) in [6.45, 7) is 8.21. The van der Waals surface area contributed by atoms with Crippen LogP contribution in [0.25, 0.3) is 5.57 Å². The second-order valence-electron chi connectivity index (χ2n) is 10.8. The molecule has 0 N–H and O–H groups in total. The number of aryl methyl sites for hydroxylation is 4. The third-order valence-corrected chi connectivity index (χ3v) is 7.99. The molecule has 0 atom stereocenters. The Morgan fingerprint density at radius 2 is 1.67 bits per heavy atom. The molecule has 0 saturated carbocycles. The Balaban J connectivity index is 0.00000308. The molecule has 3 aromatic heterocycles. The number of piperidine rings is 1. The number of likely N-dealkylation sites (tertiary alicyclic amines) is 1. The van der Waals surface area contributed by atoms with Gasteiger partial charge in [-0.15, -0.1) is 0 Å². The normalized spacial score (nSPS) is 15.3. The summed E-state index contributed by atoms with van der Waals surface area (Å²) in [5.74, 6) is 0. The van der Waals surface area contributed by atoms with E-state index in [1.54, 1.807) is 0 Å². The van der Waals surface area contributed by atoms with E-state index in [2.05, 4.69) is 77.1 Å². The first-order valence-electron chi connectivity index (χ1n) is 13.6. The van der Waals surface area contributed by atoms with Gasteiger partial charge in [0, 0.05) is 65.5 Å². The van der Waals surface area contributed by atoms with Crippen molar-refractivity contribution in [2.24, 2.45) is 0 Å². The molecule has 1 aliphatic heterocycles. The van der Waals surface area contributed by atoms with Gasteiger partial charge >= 0.3 is 0 Å². The number of rotatable bonds is 4. The fraction of sp³-hybridized carbons (Fsp3) is 0.303. The molecule has 0 amide bonds. The molecule has 4 nitrogen and oxygen atoms in total. The SMILES string of the molecule is Cc1cncc(C[n+]2cc(C)cc(CN3CCC(=C4c5ccc(Cl)cc5CCc5cccnc54)CC3)c2)c1.[Cl-]. The summed E-state index contributed by atoms with van der Waals surface area (Å²) in [5, 5.41) is 0.816. The molecule has 1 fully saturated rings. The minimum atomic E-state index is 0. The lowest BCUT2D eigenvalue weighted by Gasteiger charge is -2.30. The molecular weight excluding hydrogens is 523 g/mol. The van der Waals surface area contributed by atoms with E-state index in [1.807, 2.05) is 24.7 Å². The molecule has 1 aromatic carbocycles. The highest BCUT2D eigenvalue weighted by Crippen LogP contribution is 2.38. The standard InChI is InChI=1S/C33H34ClN4.ClH/c1-23-14-25(18-35-17-23)20-38-19-24(2)15-26(22-38)21-37-12-9-27(10-13-37)32-31-8-7-30(34)16-29(31)6-5-28-4-3-11-36-33(28)32;/h3-4,7-8,11,14-19,22H,5-6,9-10,12-13,20-21H2,1-2H3;1H/q+1;/p-1. The number of halogens is 2. The minimum Gasteiger partial charge on any atom is -1.00 e. The molecule has 0 unspecified atom stereocenters. The topological polar surface area (TPSA) is 32.9 Å². The van der Waals surface area contributed by atoms with Crippen molar-refractivity contribution in [3.8, 4) is 0 Å². The zero-order chi connectivity index (χ0) is 26.1. The summed E-state index contributed by atoms with van der Waals surface area (Å²) in [6.07, 6.45) is 14.5. The van der Waals surface area contributed by atoms with Gasteiger partial charge in [0.25, 0.3) is 0 Å². The van der Waals surface area contributed by atoms with E-state index in [-0.39, 0.29) is 12.4 Å². The van der Waals surface area contributed by atoms with E-state index in [9.17, 15) is 0 Å². The van der Waals surface area contributed by atoms with Gasteiger partial charge in [0.15, 0.2) is 18.9 Å². The molecule has 1 saturated heterocycles. The average Bonchev–Trinajstić information content (AvgIpc) is 3.05. The van der Waals surface area contributed by atoms with Crippen LogP contribution in [-0.4, -0.2) is 28.0 Å². The molecule has 0 spiro atoms. The number of fused-ring (bicyclic) bond motifs is 2. The van der Waals surface area contributed by atoms with Crippen molar-refractivity contribution in [3.63, 3.8) is 0 Å². The molecular formula is C33H34Cl2N4. The zero-order valence-electron chi connectivity index (χ0n) is 22.6. The maximum absolute atomic E-state index is 6.40. The molecule has 2 aliphatic rings. The van der Waals surface area contributed by atoms with Crippen molar-refractivity contribution in [2.45, 2.75) is 52.6 Å². The van der Waals surface area contributed by atoms with Crippen molar-refractivity contribution in [2.75, 3.05) is 13.1 Å². The molecule has 0 bridgehead atoms. The van der Waals surface area contributed by atoms with Gasteiger partial charge in [0.1, 0.15) is 0 Å². The molecule has 1 aliphatic carbocycles. The highest BCUT2D eigenvalue weighted by molar-refractivity contribution is 6.30. The van der Waals surface area contributed by atoms with Crippen LogP contribution in [0.4, 0.5) is 0 Å². The van der Waals surface area contributed by atoms with Crippen LogP contribution in [-0.2, 0) is 25.9 Å². The van der Waals surface area contributed by atoms with Crippen LogP contribution in [0.2, 0.25) is 5.02 Å². The third kappa shape index (κ3) is 6.24. The second kappa shape index (κ2) is 12.0. The number of hydrogen-bond acceptors (Lipinski definition) is 3. The van der Waals surface area contributed by atoms with Crippen LogP contribution in [0.3, 0.4) is 0 Å². The van der Waals surface area contributed by atoms with Crippen LogP contribution in [0, 0.1) is 13.8 Å². The van der Waals surface area contributed by atoms with E-state index >= 15 is 0 Å². The van der Waals surface area contributed by atoms with Gasteiger partial charge in [0.2, 0.25) is 0 Å². The fourth-order valence-electron chi connectivity index (χ4n) is 6.09. The molecule has 0 radical (unpaired) electrons.